The van der Waals surface area contributed by atoms with Crippen molar-refractivity contribution in [1.82, 2.24) is 5.48 Å². The zero-order valence-corrected chi connectivity index (χ0v) is 12.4. The molecule has 0 amide bonds. The van der Waals surface area contributed by atoms with E-state index >= 15 is 0 Å². The zero-order chi connectivity index (χ0) is 12.8. The highest BCUT2D eigenvalue weighted by Crippen LogP contribution is 2.20. The number of hydroxylamine groups is 1. The Morgan fingerprint density at radius 1 is 1.12 bits per heavy atom. The van der Waals surface area contributed by atoms with Crippen LogP contribution in [0.1, 0.15) is 33.3 Å². The van der Waals surface area contributed by atoms with Crippen molar-refractivity contribution in [2.75, 3.05) is 0 Å². The van der Waals surface area contributed by atoms with Gasteiger partial charge in [-0.15, -0.1) is 0 Å². The molecule has 94 valence electrons. The highest BCUT2D eigenvalue weighted by molar-refractivity contribution is 6.54. The maximum Gasteiger partial charge on any atom is 0.219 e. The van der Waals surface area contributed by atoms with Gasteiger partial charge in [0.1, 0.15) is 0 Å². The molecule has 3 heteroatoms. The molecule has 0 heterocycles. The van der Waals surface area contributed by atoms with Gasteiger partial charge in [0.15, 0.2) is 0 Å². The lowest BCUT2D eigenvalue weighted by molar-refractivity contribution is 0.243. The van der Waals surface area contributed by atoms with Crippen molar-refractivity contribution in [3.05, 3.63) is 42.5 Å². The summed E-state index contributed by atoms with van der Waals surface area (Å²) >= 11 is 0. The van der Waals surface area contributed by atoms with Gasteiger partial charge < -0.3 is 4.53 Å². The van der Waals surface area contributed by atoms with Gasteiger partial charge in [0.25, 0.3) is 0 Å². The third-order valence-electron chi connectivity index (χ3n) is 2.75. The molecule has 0 radical (unpaired) electrons. The topological polar surface area (TPSA) is 21.3 Å². The fourth-order valence-electron chi connectivity index (χ4n) is 1.88. The predicted octanol–water partition coefficient (Wildman–Crippen LogP) is 3.72. The van der Waals surface area contributed by atoms with Gasteiger partial charge in [0.2, 0.25) is 9.04 Å². The summed E-state index contributed by atoms with van der Waals surface area (Å²) in [5.74, 6) is 0. The molecule has 0 aliphatic rings. The van der Waals surface area contributed by atoms with E-state index in [1.807, 2.05) is 30.3 Å². The minimum atomic E-state index is -1.23. The first-order valence-corrected chi connectivity index (χ1v) is 7.98. The van der Waals surface area contributed by atoms with E-state index in [1.165, 1.54) is 0 Å². The summed E-state index contributed by atoms with van der Waals surface area (Å²) in [5, 5.41) is 0. The Labute approximate surface area is 106 Å². The first kappa shape index (κ1) is 14.0. The third kappa shape index (κ3) is 4.36. The van der Waals surface area contributed by atoms with Gasteiger partial charge in [0, 0.05) is 0 Å². The molecule has 1 rings (SSSR count). The summed E-state index contributed by atoms with van der Waals surface area (Å²) in [7, 11) is -1.23. The van der Waals surface area contributed by atoms with Gasteiger partial charge in [-0.25, -0.2) is 0 Å². The molecular formula is C14H23NOSi. The minimum Gasteiger partial charge on any atom is -0.325 e. The van der Waals surface area contributed by atoms with Crippen molar-refractivity contribution in [3.63, 3.8) is 0 Å². The Balaban J connectivity index is 2.53. The van der Waals surface area contributed by atoms with Crippen LogP contribution in [0.3, 0.4) is 0 Å². The highest BCUT2D eigenvalue weighted by Gasteiger charge is 2.21. The lowest BCUT2D eigenvalue weighted by atomic mass is 10.2. The number of rotatable bonds is 6. The minimum absolute atomic E-state index is 0.617. The molecule has 0 bridgehead atoms. The molecule has 0 saturated heterocycles. The van der Waals surface area contributed by atoms with Crippen molar-refractivity contribution in [3.8, 4) is 0 Å². The largest absolute Gasteiger partial charge is 0.325 e. The fraction of sp³-hybridized carbons (Fsp3) is 0.429. The molecular weight excluding hydrogens is 226 g/mol. The molecule has 1 aromatic carbocycles. The normalized spacial score (nSPS) is 11.2. The molecule has 17 heavy (non-hydrogen) atoms. The molecule has 0 spiro atoms. The standard InChI is InChI=1S/C14H23NOSi/c1-11(2)17(12(3)4)16-15-13(5)14-9-7-6-8-10-14/h6-12,15,17H,5H2,1-4H3. The highest BCUT2D eigenvalue weighted by atomic mass is 28.3. The molecule has 0 unspecified atom stereocenters. The predicted molar refractivity (Wildman–Crippen MR) is 77.0 cm³/mol. The van der Waals surface area contributed by atoms with E-state index in [9.17, 15) is 0 Å². The van der Waals surface area contributed by atoms with Gasteiger partial charge in [-0.1, -0.05) is 64.6 Å². The zero-order valence-electron chi connectivity index (χ0n) is 11.2. The van der Waals surface area contributed by atoms with Crippen LogP contribution in [-0.4, -0.2) is 9.04 Å². The summed E-state index contributed by atoms with van der Waals surface area (Å²) in [6, 6.07) is 10.1. The average Bonchev–Trinajstić information content (AvgIpc) is 2.29. The smallest absolute Gasteiger partial charge is 0.219 e. The summed E-state index contributed by atoms with van der Waals surface area (Å²) in [4.78, 5) is 0. The molecule has 1 N–H and O–H groups in total. The molecule has 0 atom stereocenters. The van der Waals surface area contributed by atoms with Crippen LogP contribution >= 0.6 is 0 Å². The van der Waals surface area contributed by atoms with Crippen molar-refractivity contribution in [2.45, 2.75) is 38.8 Å². The Kier molecular flexibility index (Phi) is 5.45. The second-order valence-corrected chi connectivity index (χ2v) is 8.85. The second-order valence-electron chi connectivity index (χ2n) is 5.02. The second kappa shape index (κ2) is 6.62. The molecule has 0 fully saturated rings. The maximum atomic E-state index is 5.87. The van der Waals surface area contributed by atoms with Gasteiger partial charge in [-0.05, 0) is 16.6 Å². The van der Waals surface area contributed by atoms with Crippen LogP contribution in [0.4, 0.5) is 0 Å². The number of benzene rings is 1. The SMILES string of the molecule is C=C(NO[SiH](C(C)C)C(C)C)c1ccccc1. The lowest BCUT2D eigenvalue weighted by Crippen LogP contribution is -2.31. The summed E-state index contributed by atoms with van der Waals surface area (Å²) in [5.41, 5.74) is 6.18. The van der Waals surface area contributed by atoms with Gasteiger partial charge in [-0.2, -0.15) is 0 Å². The van der Waals surface area contributed by atoms with Crippen LogP contribution in [0.25, 0.3) is 5.70 Å². The van der Waals surface area contributed by atoms with E-state index in [0.717, 1.165) is 11.3 Å². The Morgan fingerprint density at radius 3 is 2.12 bits per heavy atom. The average molecular weight is 249 g/mol. The van der Waals surface area contributed by atoms with Crippen molar-refractivity contribution >= 4 is 14.7 Å². The van der Waals surface area contributed by atoms with E-state index in [1.54, 1.807) is 0 Å². The van der Waals surface area contributed by atoms with Crippen LogP contribution in [0.5, 0.6) is 0 Å². The van der Waals surface area contributed by atoms with Gasteiger partial charge in [0.05, 0.1) is 5.70 Å². The lowest BCUT2D eigenvalue weighted by Gasteiger charge is -2.24. The summed E-state index contributed by atoms with van der Waals surface area (Å²) in [6.07, 6.45) is 0. The van der Waals surface area contributed by atoms with Gasteiger partial charge in [-0.3, -0.25) is 5.48 Å². The Hall–Kier alpha value is -1.06. The Bertz CT molecular complexity index is 340. The van der Waals surface area contributed by atoms with E-state index in [4.69, 9.17) is 4.53 Å². The van der Waals surface area contributed by atoms with E-state index in [-0.39, 0.29) is 0 Å². The molecule has 0 aliphatic carbocycles. The monoisotopic (exact) mass is 249 g/mol. The van der Waals surface area contributed by atoms with E-state index < -0.39 is 9.04 Å². The number of hydrogen-bond acceptors (Lipinski definition) is 2. The van der Waals surface area contributed by atoms with Crippen molar-refractivity contribution < 1.29 is 4.53 Å². The van der Waals surface area contributed by atoms with Crippen LogP contribution < -0.4 is 5.48 Å². The van der Waals surface area contributed by atoms with Crippen LogP contribution in [0.15, 0.2) is 36.9 Å². The Morgan fingerprint density at radius 2 is 1.65 bits per heavy atom. The summed E-state index contributed by atoms with van der Waals surface area (Å²) in [6.45, 7) is 12.9. The number of hydrogen-bond donors (Lipinski definition) is 1. The van der Waals surface area contributed by atoms with Crippen LogP contribution in [0.2, 0.25) is 11.1 Å². The van der Waals surface area contributed by atoms with Crippen molar-refractivity contribution in [1.29, 1.82) is 0 Å². The van der Waals surface area contributed by atoms with Crippen LogP contribution in [-0.2, 0) is 4.53 Å². The quantitative estimate of drug-likeness (QED) is 0.613. The molecule has 0 saturated carbocycles. The molecule has 1 aromatic rings. The number of nitrogens with one attached hydrogen (secondary N) is 1. The molecule has 0 aromatic heterocycles. The third-order valence-corrected chi connectivity index (χ3v) is 5.77. The van der Waals surface area contributed by atoms with Gasteiger partial charge >= 0.3 is 0 Å². The molecule has 0 aliphatic heterocycles. The fourth-order valence-corrected chi connectivity index (χ4v) is 4.24. The van der Waals surface area contributed by atoms with E-state index in [0.29, 0.717) is 11.1 Å². The maximum absolute atomic E-state index is 5.87. The van der Waals surface area contributed by atoms with Crippen LogP contribution in [0, 0.1) is 0 Å². The van der Waals surface area contributed by atoms with Crippen molar-refractivity contribution in [2.24, 2.45) is 0 Å². The first-order valence-electron chi connectivity index (χ1n) is 6.18. The first-order chi connectivity index (χ1) is 8.02. The summed E-state index contributed by atoms with van der Waals surface area (Å²) < 4.78 is 5.87. The molecule has 2 nitrogen and oxygen atoms in total. The van der Waals surface area contributed by atoms with E-state index in [2.05, 4.69) is 39.8 Å².